The van der Waals surface area contributed by atoms with Crippen LogP contribution in [0, 0.1) is 0 Å². The lowest BCUT2D eigenvalue weighted by molar-refractivity contribution is -0.119. The van der Waals surface area contributed by atoms with E-state index in [1.807, 2.05) is 36.4 Å². The summed E-state index contributed by atoms with van der Waals surface area (Å²) in [5, 5.41) is 1.02. The first-order valence-electron chi connectivity index (χ1n) is 11.9. The van der Waals surface area contributed by atoms with E-state index in [1.165, 1.54) is 16.9 Å². The van der Waals surface area contributed by atoms with Crippen molar-refractivity contribution >= 4 is 39.6 Å². The molecule has 0 unspecified atom stereocenters. The summed E-state index contributed by atoms with van der Waals surface area (Å²) in [6, 6.07) is 17.8. The van der Waals surface area contributed by atoms with Gasteiger partial charge in [0.1, 0.15) is 5.69 Å². The standard InChI is InChI=1S/C28H25ClN4O2S/c29-27-12-11-26(36-27)25-17-31-24(8-4-7-19-5-2-1-3-6-19)28(35)33(25)18-22(34)10-9-21-15-20-16-30-14-13-23(20)32-21/h1-3,5-6,11-17,32H,4,7-10,18H2. The Labute approximate surface area is 217 Å². The van der Waals surface area contributed by atoms with Gasteiger partial charge in [-0.2, -0.15) is 0 Å². The summed E-state index contributed by atoms with van der Waals surface area (Å²) >= 11 is 7.52. The maximum atomic E-state index is 13.4. The zero-order valence-electron chi connectivity index (χ0n) is 19.6. The molecule has 0 aliphatic heterocycles. The number of nitrogens with one attached hydrogen (secondary N) is 1. The van der Waals surface area contributed by atoms with Gasteiger partial charge in [0.15, 0.2) is 5.78 Å². The van der Waals surface area contributed by atoms with Gasteiger partial charge in [-0.25, -0.2) is 0 Å². The summed E-state index contributed by atoms with van der Waals surface area (Å²) in [5.74, 6) is -0.0146. The van der Waals surface area contributed by atoms with Crippen molar-refractivity contribution in [1.29, 1.82) is 0 Å². The third kappa shape index (κ3) is 5.64. The van der Waals surface area contributed by atoms with Gasteiger partial charge in [-0.1, -0.05) is 41.9 Å². The van der Waals surface area contributed by atoms with Crippen LogP contribution in [-0.4, -0.2) is 25.3 Å². The second kappa shape index (κ2) is 11.0. The summed E-state index contributed by atoms with van der Waals surface area (Å²) < 4.78 is 2.18. The van der Waals surface area contributed by atoms with E-state index in [-0.39, 0.29) is 17.9 Å². The number of thiophene rings is 1. The highest BCUT2D eigenvalue weighted by atomic mass is 35.5. The number of aryl methyl sites for hydroxylation is 3. The highest BCUT2D eigenvalue weighted by Crippen LogP contribution is 2.30. The van der Waals surface area contributed by atoms with Crippen LogP contribution >= 0.6 is 22.9 Å². The number of halogens is 1. The molecule has 0 saturated heterocycles. The largest absolute Gasteiger partial charge is 0.358 e. The predicted octanol–water partition coefficient (Wildman–Crippen LogP) is 5.88. The van der Waals surface area contributed by atoms with Crippen molar-refractivity contribution in [3.8, 4) is 10.6 Å². The molecule has 0 aliphatic carbocycles. The Hall–Kier alpha value is -3.55. The number of hydrogen-bond acceptors (Lipinski definition) is 5. The van der Waals surface area contributed by atoms with Gasteiger partial charge >= 0.3 is 0 Å². The Morgan fingerprint density at radius 2 is 1.89 bits per heavy atom. The molecule has 4 aromatic heterocycles. The fourth-order valence-corrected chi connectivity index (χ4v) is 5.37. The molecular formula is C28H25ClN4O2S. The average molecular weight is 517 g/mol. The number of rotatable bonds is 10. The Morgan fingerprint density at radius 1 is 1.03 bits per heavy atom. The van der Waals surface area contributed by atoms with Crippen LogP contribution in [0.15, 0.2) is 78.0 Å². The minimum absolute atomic E-state index is 0.000322. The maximum absolute atomic E-state index is 13.4. The Morgan fingerprint density at radius 3 is 2.67 bits per heavy atom. The molecule has 0 radical (unpaired) electrons. The van der Waals surface area contributed by atoms with Crippen LogP contribution in [0.5, 0.6) is 0 Å². The van der Waals surface area contributed by atoms with Crippen molar-refractivity contribution in [3.63, 3.8) is 0 Å². The highest BCUT2D eigenvalue weighted by molar-refractivity contribution is 7.19. The van der Waals surface area contributed by atoms with E-state index in [9.17, 15) is 9.59 Å². The number of carbonyl (C=O) groups excluding carboxylic acids is 1. The van der Waals surface area contributed by atoms with E-state index >= 15 is 0 Å². The number of hydrogen-bond donors (Lipinski definition) is 1. The molecule has 182 valence electrons. The van der Waals surface area contributed by atoms with Gasteiger partial charge in [-0.15, -0.1) is 11.3 Å². The molecule has 0 spiro atoms. The number of ketones is 1. The number of nitrogens with zero attached hydrogens (tertiary/aromatic N) is 3. The monoisotopic (exact) mass is 516 g/mol. The molecule has 0 amide bonds. The Bertz CT molecular complexity index is 1520. The van der Waals surface area contributed by atoms with Crippen molar-refractivity contribution in [2.24, 2.45) is 0 Å². The summed E-state index contributed by atoms with van der Waals surface area (Å²) in [6.45, 7) is -0.000322. The van der Waals surface area contributed by atoms with Crippen LogP contribution in [0.25, 0.3) is 21.5 Å². The van der Waals surface area contributed by atoms with Crippen LogP contribution in [0.4, 0.5) is 0 Å². The van der Waals surface area contributed by atoms with Crippen molar-refractivity contribution < 1.29 is 4.79 Å². The van der Waals surface area contributed by atoms with E-state index in [0.717, 1.165) is 34.3 Å². The van der Waals surface area contributed by atoms with E-state index in [1.54, 1.807) is 29.2 Å². The second-order valence-corrected chi connectivity index (χ2v) is 10.4. The van der Waals surface area contributed by atoms with Gasteiger partial charge < -0.3 is 4.98 Å². The quantitative estimate of drug-likeness (QED) is 0.251. The predicted molar refractivity (Wildman–Crippen MR) is 145 cm³/mol. The van der Waals surface area contributed by atoms with Crippen LogP contribution in [0.3, 0.4) is 0 Å². The summed E-state index contributed by atoms with van der Waals surface area (Å²) in [6.07, 6.45) is 8.34. The van der Waals surface area contributed by atoms with Crippen LogP contribution in [-0.2, 0) is 30.6 Å². The molecule has 1 N–H and O–H groups in total. The van der Waals surface area contributed by atoms with Crippen molar-refractivity contribution in [3.05, 3.63) is 105 Å². The van der Waals surface area contributed by atoms with Gasteiger partial charge in [0, 0.05) is 35.4 Å². The number of fused-ring (bicyclic) bond motifs is 1. The first kappa shape index (κ1) is 24.2. The number of aromatic amines is 1. The van der Waals surface area contributed by atoms with Crippen LogP contribution < -0.4 is 5.56 Å². The first-order chi connectivity index (χ1) is 17.6. The zero-order chi connectivity index (χ0) is 24.9. The number of benzene rings is 1. The van der Waals surface area contributed by atoms with Crippen LogP contribution in [0.1, 0.15) is 29.8 Å². The zero-order valence-corrected chi connectivity index (χ0v) is 21.2. The Balaban J connectivity index is 1.33. The minimum atomic E-state index is -0.213. The van der Waals surface area contributed by atoms with E-state index in [2.05, 4.69) is 27.1 Å². The molecule has 4 heterocycles. The first-order valence-corrected chi connectivity index (χ1v) is 13.1. The van der Waals surface area contributed by atoms with Gasteiger partial charge in [0.25, 0.3) is 5.56 Å². The normalized spacial score (nSPS) is 11.2. The lowest BCUT2D eigenvalue weighted by Crippen LogP contribution is -2.29. The lowest BCUT2D eigenvalue weighted by Gasteiger charge is -2.13. The third-order valence-corrected chi connectivity index (χ3v) is 7.41. The van der Waals surface area contributed by atoms with Crippen molar-refractivity contribution in [2.45, 2.75) is 38.6 Å². The van der Waals surface area contributed by atoms with Crippen molar-refractivity contribution in [2.75, 3.05) is 0 Å². The summed E-state index contributed by atoms with van der Waals surface area (Å²) in [5.41, 5.74) is 4.08. The maximum Gasteiger partial charge on any atom is 0.273 e. The molecule has 0 bridgehead atoms. The molecule has 0 saturated carbocycles. The van der Waals surface area contributed by atoms with Gasteiger partial charge in [0.2, 0.25) is 0 Å². The topological polar surface area (TPSA) is 80.6 Å². The molecule has 6 nitrogen and oxygen atoms in total. The molecule has 5 aromatic rings. The molecule has 0 aliphatic rings. The number of Topliss-reactive ketones (excluding diaryl/α,β-unsaturated/α-hetero) is 1. The number of pyridine rings is 1. The average Bonchev–Trinajstić information content (AvgIpc) is 3.51. The Kier molecular flexibility index (Phi) is 7.39. The fraction of sp³-hybridized carbons (Fsp3) is 0.214. The molecule has 36 heavy (non-hydrogen) atoms. The van der Waals surface area contributed by atoms with Gasteiger partial charge in [-0.05, 0) is 55.5 Å². The van der Waals surface area contributed by atoms with E-state index < -0.39 is 0 Å². The molecule has 1 aromatic carbocycles. The third-order valence-electron chi connectivity index (χ3n) is 6.16. The summed E-state index contributed by atoms with van der Waals surface area (Å²) in [7, 11) is 0. The minimum Gasteiger partial charge on any atom is -0.358 e. The molecular weight excluding hydrogens is 492 g/mol. The molecule has 0 atom stereocenters. The van der Waals surface area contributed by atoms with Crippen molar-refractivity contribution in [1.82, 2.24) is 19.5 Å². The fourth-order valence-electron chi connectivity index (χ4n) is 4.31. The van der Waals surface area contributed by atoms with Gasteiger partial charge in [0.05, 0.1) is 27.6 Å². The molecule has 5 rings (SSSR count). The molecule has 8 heteroatoms. The number of carbonyl (C=O) groups is 1. The number of aromatic nitrogens is 4. The van der Waals surface area contributed by atoms with Crippen LogP contribution in [0.2, 0.25) is 4.34 Å². The molecule has 0 fully saturated rings. The lowest BCUT2D eigenvalue weighted by atomic mass is 10.1. The van der Waals surface area contributed by atoms with E-state index in [4.69, 9.17) is 11.6 Å². The SMILES string of the molecule is O=C(CCc1cc2cnccc2[nH]1)Cn1c(-c2ccc(Cl)s2)cnc(CCCc2ccccc2)c1=O. The smallest absolute Gasteiger partial charge is 0.273 e. The van der Waals surface area contributed by atoms with Gasteiger partial charge in [-0.3, -0.25) is 24.1 Å². The summed E-state index contributed by atoms with van der Waals surface area (Å²) in [4.78, 5) is 39.2. The van der Waals surface area contributed by atoms with E-state index in [0.29, 0.717) is 35.0 Å². The number of H-pyrrole nitrogens is 1. The highest BCUT2D eigenvalue weighted by Gasteiger charge is 2.16. The second-order valence-electron chi connectivity index (χ2n) is 8.72.